The summed E-state index contributed by atoms with van der Waals surface area (Å²) in [6, 6.07) is 5.81. The zero-order chi connectivity index (χ0) is 9.97. The van der Waals surface area contributed by atoms with Crippen molar-refractivity contribution >= 4 is 5.69 Å². The van der Waals surface area contributed by atoms with Crippen molar-refractivity contribution in [3.63, 3.8) is 0 Å². The normalized spacial score (nSPS) is 16.4. The summed E-state index contributed by atoms with van der Waals surface area (Å²) < 4.78 is 5.74. The summed E-state index contributed by atoms with van der Waals surface area (Å²) >= 11 is 0. The molecule has 1 aliphatic carbocycles. The summed E-state index contributed by atoms with van der Waals surface area (Å²) in [5, 5.41) is 0. The first-order chi connectivity index (χ1) is 6.75. The van der Waals surface area contributed by atoms with Crippen LogP contribution in [-0.2, 0) is 0 Å². The Bertz CT molecular complexity index is 318. The van der Waals surface area contributed by atoms with E-state index >= 15 is 0 Å². The molecule has 14 heavy (non-hydrogen) atoms. The maximum Gasteiger partial charge on any atom is 0.122 e. The summed E-state index contributed by atoms with van der Waals surface area (Å²) in [5.41, 5.74) is 7.60. The first-order valence-electron chi connectivity index (χ1n) is 5.24. The molecule has 2 heteroatoms. The van der Waals surface area contributed by atoms with Crippen molar-refractivity contribution in [1.82, 2.24) is 0 Å². The van der Waals surface area contributed by atoms with E-state index in [-0.39, 0.29) is 0 Å². The van der Waals surface area contributed by atoms with Crippen molar-refractivity contribution in [1.29, 1.82) is 0 Å². The van der Waals surface area contributed by atoms with Gasteiger partial charge < -0.3 is 10.5 Å². The number of aryl methyl sites for hydroxylation is 1. The average molecular weight is 191 g/mol. The molecule has 1 aromatic rings. The fourth-order valence-electron chi connectivity index (χ4n) is 1.70. The van der Waals surface area contributed by atoms with Crippen LogP contribution in [0, 0.1) is 12.8 Å². The van der Waals surface area contributed by atoms with Gasteiger partial charge in [0, 0.05) is 5.69 Å². The molecule has 76 valence electrons. The van der Waals surface area contributed by atoms with Crippen molar-refractivity contribution in [2.24, 2.45) is 5.92 Å². The van der Waals surface area contributed by atoms with E-state index in [4.69, 9.17) is 10.5 Å². The van der Waals surface area contributed by atoms with Gasteiger partial charge in [0.05, 0.1) is 6.61 Å². The first-order valence-corrected chi connectivity index (χ1v) is 5.24. The van der Waals surface area contributed by atoms with Gasteiger partial charge in [-0.25, -0.2) is 0 Å². The van der Waals surface area contributed by atoms with Gasteiger partial charge in [0.2, 0.25) is 0 Å². The molecule has 0 aliphatic heterocycles. The molecule has 0 saturated heterocycles. The summed E-state index contributed by atoms with van der Waals surface area (Å²) in [6.07, 6.45) is 4.02. The molecule has 0 radical (unpaired) electrons. The number of hydrogen-bond acceptors (Lipinski definition) is 2. The van der Waals surface area contributed by atoms with Crippen molar-refractivity contribution in [2.75, 3.05) is 12.3 Å². The Balaban J connectivity index is 1.94. The second-order valence-corrected chi connectivity index (χ2v) is 4.13. The van der Waals surface area contributed by atoms with Gasteiger partial charge in [-0.3, -0.25) is 0 Å². The van der Waals surface area contributed by atoms with Crippen LogP contribution in [0.3, 0.4) is 0 Å². The zero-order valence-corrected chi connectivity index (χ0v) is 8.62. The third-order valence-corrected chi connectivity index (χ3v) is 2.90. The number of benzene rings is 1. The molecule has 1 saturated carbocycles. The van der Waals surface area contributed by atoms with E-state index in [2.05, 4.69) is 0 Å². The standard InChI is InChI=1S/C12H17NO/c1-9-7-11(13)5-6-12(9)14-8-10-3-2-4-10/h5-7,10H,2-4,8,13H2,1H3. The van der Waals surface area contributed by atoms with Gasteiger partial charge >= 0.3 is 0 Å². The Morgan fingerprint density at radius 3 is 2.79 bits per heavy atom. The van der Waals surface area contributed by atoms with E-state index in [1.54, 1.807) is 0 Å². The molecule has 1 aromatic carbocycles. The Morgan fingerprint density at radius 1 is 1.43 bits per heavy atom. The minimum atomic E-state index is 0.784. The lowest BCUT2D eigenvalue weighted by molar-refractivity contribution is 0.180. The zero-order valence-electron chi connectivity index (χ0n) is 8.62. The predicted octanol–water partition coefficient (Wildman–Crippen LogP) is 2.76. The fraction of sp³-hybridized carbons (Fsp3) is 0.500. The van der Waals surface area contributed by atoms with Gasteiger partial charge in [-0.15, -0.1) is 0 Å². The van der Waals surface area contributed by atoms with Gasteiger partial charge in [-0.1, -0.05) is 6.42 Å². The number of anilines is 1. The molecule has 0 atom stereocenters. The maximum atomic E-state index is 5.74. The van der Waals surface area contributed by atoms with Crippen LogP contribution in [0.4, 0.5) is 5.69 Å². The fourth-order valence-corrected chi connectivity index (χ4v) is 1.70. The molecule has 1 fully saturated rings. The lowest BCUT2D eigenvalue weighted by atomic mass is 9.86. The molecule has 2 rings (SSSR count). The van der Waals surface area contributed by atoms with E-state index < -0.39 is 0 Å². The van der Waals surface area contributed by atoms with E-state index in [0.29, 0.717) is 0 Å². The molecule has 1 aliphatic rings. The summed E-state index contributed by atoms with van der Waals surface area (Å²) in [4.78, 5) is 0. The second-order valence-electron chi connectivity index (χ2n) is 4.13. The Morgan fingerprint density at radius 2 is 2.21 bits per heavy atom. The van der Waals surface area contributed by atoms with E-state index in [0.717, 1.165) is 29.5 Å². The molecular weight excluding hydrogens is 174 g/mol. The van der Waals surface area contributed by atoms with Crippen LogP contribution in [0.1, 0.15) is 24.8 Å². The minimum absolute atomic E-state index is 0.784. The summed E-state index contributed by atoms with van der Waals surface area (Å²) in [7, 11) is 0. The van der Waals surface area contributed by atoms with Crippen LogP contribution >= 0.6 is 0 Å². The molecule has 0 bridgehead atoms. The van der Waals surface area contributed by atoms with E-state index in [1.165, 1.54) is 19.3 Å². The number of rotatable bonds is 3. The third kappa shape index (κ3) is 2.00. The Labute approximate surface area is 85.1 Å². The van der Waals surface area contributed by atoms with Crippen molar-refractivity contribution in [3.8, 4) is 5.75 Å². The van der Waals surface area contributed by atoms with Crippen LogP contribution in [0.5, 0.6) is 5.75 Å². The van der Waals surface area contributed by atoms with E-state index in [1.807, 2.05) is 25.1 Å². The van der Waals surface area contributed by atoms with E-state index in [9.17, 15) is 0 Å². The van der Waals surface area contributed by atoms with Gasteiger partial charge in [0.15, 0.2) is 0 Å². The number of nitrogen functional groups attached to an aromatic ring is 1. The van der Waals surface area contributed by atoms with Crippen LogP contribution in [-0.4, -0.2) is 6.61 Å². The Hall–Kier alpha value is -1.18. The average Bonchev–Trinajstić information content (AvgIpc) is 2.05. The SMILES string of the molecule is Cc1cc(N)ccc1OCC1CCC1. The van der Waals surface area contributed by atoms with Gasteiger partial charge in [-0.2, -0.15) is 0 Å². The lowest BCUT2D eigenvalue weighted by Gasteiger charge is -2.25. The highest BCUT2D eigenvalue weighted by Gasteiger charge is 2.18. The summed E-state index contributed by atoms with van der Waals surface area (Å²) in [6.45, 7) is 2.90. The molecule has 0 aromatic heterocycles. The minimum Gasteiger partial charge on any atom is -0.493 e. The molecule has 0 heterocycles. The van der Waals surface area contributed by atoms with Gasteiger partial charge in [-0.05, 0) is 49.4 Å². The highest BCUT2D eigenvalue weighted by atomic mass is 16.5. The third-order valence-electron chi connectivity index (χ3n) is 2.90. The molecule has 0 spiro atoms. The quantitative estimate of drug-likeness (QED) is 0.745. The van der Waals surface area contributed by atoms with Crippen LogP contribution in [0.15, 0.2) is 18.2 Å². The van der Waals surface area contributed by atoms with Crippen LogP contribution in [0.25, 0.3) is 0 Å². The number of ether oxygens (including phenoxy) is 1. The Kier molecular flexibility index (Phi) is 2.62. The molecule has 0 amide bonds. The van der Waals surface area contributed by atoms with Crippen molar-refractivity contribution in [3.05, 3.63) is 23.8 Å². The molecule has 2 N–H and O–H groups in total. The largest absolute Gasteiger partial charge is 0.493 e. The topological polar surface area (TPSA) is 35.2 Å². The van der Waals surface area contributed by atoms with Crippen LogP contribution < -0.4 is 10.5 Å². The van der Waals surface area contributed by atoms with Gasteiger partial charge in [0.25, 0.3) is 0 Å². The van der Waals surface area contributed by atoms with Gasteiger partial charge in [0.1, 0.15) is 5.75 Å². The van der Waals surface area contributed by atoms with Crippen molar-refractivity contribution in [2.45, 2.75) is 26.2 Å². The predicted molar refractivity (Wildman–Crippen MR) is 58.4 cm³/mol. The first kappa shape index (κ1) is 9.38. The lowest BCUT2D eigenvalue weighted by Crippen LogP contribution is -2.19. The highest BCUT2D eigenvalue weighted by Crippen LogP contribution is 2.28. The summed E-state index contributed by atoms with van der Waals surface area (Å²) in [5.74, 6) is 1.76. The number of hydrogen-bond donors (Lipinski definition) is 1. The maximum absolute atomic E-state index is 5.74. The van der Waals surface area contributed by atoms with Crippen LogP contribution in [0.2, 0.25) is 0 Å². The van der Waals surface area contributed by atoms with Crippen molar-refractivity contribution < 1.29 is 4.74 Å². The smallest absolute Gasteiger partial charge is 0.122 e. The monoisotopic (exact) mass is 191 g/mol. The molecule has 0 unspecified atom stereocenters. The second kappa shape index (κ2) is 3.91. The molecular formula is C12H17NO. The number of nitrogens with two attached hydrogens (primary N) is 1. The highest BCUT2D eigenvalue weighted by molar-refractivity contribution is 5.47. The molecule has 2 nitrogen and oxygen atoms in total.